The first-order valence-corrected chi connectivity index (χ1v) is 10.1. The summed E-state index contributed by atoms with van der Waals surface area (Å²) in [6, 6.07) is 6.56. The molecule has 1 aromatic carbocycles. The first-order valence-electron chi connectivity index (χ1n) is 8.25. The molecule has 0 fully saturated rings. The number of aromatic nitrogens is 3. The number of imidazole rings is 1. The maximum atomic E-state index is 13.4. The van der Waals surface area contributed by atoms with Crippen LogP contribution in [0, 0.1) is 0 Å². The number of alkyl halides is 2. The number of nitrogens with zero attached hydrogens (tertiary/aromatic N) is 3. The van der Waals surface area contributed by atoms with Gasteiger partial charge >= 0.3 is 12.5 Å². The third-order valence-electron chi connectivity index (χ3n) is 3.52. The summed E-state index contributed by atoms with van der Waals surface area (Å²) in [6.07, 6.45) is 0.0212. The van der Waals surface area contributed by atoms with Crippen LogP contribution in [0.15, 0.2) is 34.8 Å². The van der Waals surface area contributed by atoms with Crippen molar-refractivity contribution in [2.24, 2.45) is 0 Å². The van der Waals surface area contributed by atoms with Crippen LogP contribution >= 0.6 is 23.1 Å². The normalized spacial score (nSPS) is 11.1. The van der Waals surface area contributed by atoms with E-state index in [9.17, 15) is 18.4 Å². The number of nitrogens with one attached hydrogen (secondary N) is 1. The number of para-hydroxylation sites is 2. The van der Waals surface area contributed by atoms with Crippen LogP contribution in [-0.2, 0) is 20.7 Å². The van der Waals surface area contributed by atoms with Crippen molar-refractivity contribution in [3.05, 3.63) is 35.3 Å². The monoisotopic (exact) mass is 426 g/mol. The van der Waals surface area contributed by atoms with Crippen molar-refractivity contribution in [1.29, 1.82) is 0 Å². The van der Waals surface area contributed by atoms with E-state index in [1.54, 1.807) is 36.6 Å². The summed E-state index contributed by atoms with van der Waals surface area (Å²) >= 11 is 2.09. The van der Waals surface area contributed by atoms with Crippen LogP contribution in [0.25, 0.3) is 11.0 Å². The number of halogens is 2. The van der Waals surface area contributed by atoms with Crippen LogP contribution < -0.4 is 5.32 Å². The highest BCUT2D eigenvalue weighted by Crippen LogP contribution is 2.29. The van der Waals surface area contributed by atoms with Crippen LogP contribution in [-0.4, -0.2) is 38.8 Å². The first kappa shape index (κ1) is 20.2. The van der Waals surface area contributed by atoms with Gasteiger partial charge in [-0.3, -0.25) is 14.2 Å². The minimum atomic E-state index is -2.76. The van der Waals surface area contributed by atoms with E-state index in [2.05, 4.69) is 15.3 Å². The number of thioether (sulfide) groups is 1. The van der Waals surface area contributed by atoms with Gasteiger partial charge in [-0.1, -0.05) is 23.9 Å². The van der Waals surface area contributed by atoms with E-state index in [0.29, 0.717) is 21.9 Å². The second kappa shape index (κ2) is 9.11. The van der Waals surface area contributed by atoms with E-state index in [-0.39, 0.29) is 23.9 Å². The lowest BCUT2D eigenvalue weighted by molar-refractivity contribution is -0.142. The van der Waals surface area contributed by atoms with E-state index in [4.69, 9.17) is 4.74 Å². The molecule has 0 aliphatic carbocycles. The summed E-state index contributed by atoms with van der Waals surface area (Å²) in [4.78, 5) is 31.9. The average Bonchev–Trinajstić information content (AvgIpc) is 3.23. The highest BCUT2D eigenvalue weighted by molar-refractivity contribution is 7.99. The van der Waals surface area contributed by atoms with Crippen LogP contribution in [0.4, 0.5) is 13.9 Å². The molecule has 2 aromatic heterocycles. The fourth-order valence-corrected chi connectivity index (χ4v) is 3.94. The summed E-state index contributed by atoms with van der Waals surface area (Å²) in [5.41, 5.74) is 1.24. The third kappa shape index (κ3) is 4.84. The number of thiazole rings is 1. The number of hydrogen-bond acceptors (Lipinski definition) is 7. The summed E-state index contributed by atoms with van der Waals surface area (Å²) in [7, 11) is 0. The van der Waals surface area contributed by atoms with E-state index in [0.717, 1.165) is 16.3 Å². The van der Waals surface area contributed by atoms with Crippen molar-refractivity contribution < 1.29 is 23.1 Å². The Hall–Kier alpha value is -2.53. The van der Waals surface area contributed by atoms with Gasteiger partial charge in [0, 0.05) is 5.38 Å². The van der Waals surface area contributed by atoms with Crippen LogP contribution in [0.1, 0.15) is 19.2 Å². The Bertz CT molecular complexity index is 990. The van der Waals surface area contributed by atoms with E-state index in [1.807, 2.05) is 0 Å². The number of anilines is 1. The highest BCUT2D eigenvalue weighted by atomic mass is 32.2. The van der Waals surface area contributed by atoms with Gasteiger partial charge in [-0.15, -0.1) is 11.3 Å². The maximum absolute atomic E-state index is 13.4. The van der Waals surface area contributed by atoms with Crippen LogP contribution in [0.2, 0.25) is 0 Å². The fraction of sp³-hybridized carbons (Fsp3) is 0.294. The summed E-state index contributed by atoms with van der Waals surface area (Å²) in [6.45, 7) is -0.764. The molecule has 1 amide bonds. The molecule has 3 aromatic rings. The molecule has 2 heterocycles. The molecule has 0 atom stereocenters. The number of rotatable bonds is 8. The second-order valence-corrected chi connectivity index (χ2v) is 7.29. The topological polar surface area (TPSA) is 86.1 Å². The Morgan fingerprint density at radius 2 is 2.11 bits per heavy atom. The summed E-state index contributed by atoms with van der Waals surface area (Å²) in [5.74, 6) is -0.912. The molecule has 11 heteroatoms. The lowest BCUT2D eigenvalue weighted by Crippen LogP contribution is -2.15. The molecule has 7 nitrogen and oxygen atoms in total. The number of ether oxygens (including phenoxy) is 1. The maximum Gasteiger partial charge on any atom is 0.321 e. The van der Waals surface area contributed by atoms with E-state index < -0.39 is 18.4 Å². The van der Waals surface area contributed by atoms with Crippen molar-refractivity contribution in [3.8, 4) is 0 Å². The Morgan fingerprint density at radius 1 is 1.32 bits per heavy atom. The number of benzene rings is 1. The number of esters is 1. The smallest absolute Gasteiger partial charge is 0.321 e. The molecule has 3 rings (SSSR count). The standard InChI is InChI=1S/C17H16F2N4O3S2/c1-2-26-14(25)7-10-8-27-16(20-10)22-13(24)9-28-17-21-11-5-3-4-6-12(11)23(17)15(18)19/h3-6,8,15H,2,7,9H2,1H3,(H,20,22,24). The van der Waals surface area contributed by atoms with Gasteiger partial charge in [-0.05, 0) is 19.1 Å². The van der Waals surface area contributed by atoms with Crippen LogP contribution in [0.5, 0.6) is 0 Å². The van der Waals surface area contributed by atoms with Gasteiger partial charge in [0.15, 0.2) is 10.3 Å². The number of carbonyl (C=O) groups excluding carboxylic acids is 2. The van der Waals surface area contributed by atoms with Crippen LogP contribution in [0.3, 0.4) is 0 Å². The average molecular weight is 426 g/mol. The number of hydrogen-bond donors (Lipinski definition) is 1. The van der Waals surface area contributed by atoms with Gasteiger partial charge in [0.2, 0.25) is 5.91 Å². The quantitative estimate of drug-likeness (QED) is 0.436. The van der Waals surface area contributed by atoms with Crippen molar-refractivity contribution in [3.63, 3.8) is 0 Å². The van der Waals surface area contributed by atoms with Gasteiger partial charge in [0.05, 0.1) is 35.5 Å². The Balaban J connectivity index is 1.61. The molecular weight excluding hydrogens is 410 g/mol. The molecule has 1 N–H and O–H groups in total. The Labute approximate surface area is 167 Å². The van der Waals surface area contributed by atoms with Crippen molar-refractivity contribution in [1.82, 2.24) is 14.5 Å². The Kier molecular flexibility index (Phi) is 6.57. The third-order valence-corrected chi connectivity index (χ3v) is 5.28. The van der Waals surface area contributed by atoms with Crippen molar-refractivity contribution >= 4 is 51.1 Å². The minimum absolute atomic E-state index is 0.0212. The summed E-state index contributed by atoms with van der Waals surface area (Å²) < 4.78 is 32.4. The number of carbonyl (C=O) groups is 2. The van der Waals surface area contributed by atoms with Gasteiger partial charge in [-0.2, -0.15) is 8.78 Å². The molecule has 0 saturated heterocycles. The van der Waals surface area contributed by atoms with Gasteiger partial charge in [0.25, 0.3) is 0 Å². The SMILES string of the molecule is CCOC(=O)Cc1csc(NC(=O)CSc2nc3ccccc3n2C(F)F)n1. The first-order chi connectivity index (χ1) is 13.5. The molecule has 0 bridgehead atoms. The molecule has 0 unspecified atom stereocenters. The fourth-order valence-electron chi connectivity index (χ4n) is 2.40. The van der Waals surface area contributed by atoms with Gasteiger partial charge in [0.1, 0.15) is 0 Å². The van der Waals surface area contributed by atoms with Crippen molar-refractivity contribution in [2.45, 2.75) is 25.1 Å². The molecule has 0 aliphatic heterocycles. The zero-order valence-corrected chi connectivity index (χ0v) is 16.4. The van der Waals surface area contributed by atoms with Crippen molar-refractivity contribution in [2.75, 3.05) is 17.7 Å². The second-order valence-electron chi connectivity index (χ2n) is 5.49. The number of amides is 1. The zero-order chi connectivity index (χ0) is 20.1. The largest absolute Gasteiger partial charge is 0.466 e. The molecule has 0 spiro atoms. The van der Waals surface area contributed by atoms with Gasteiger partial charge < -0.3 is 10.1 Å². The van der Waals surface area contributed by atoms with E-state index >= 15 is 0 Å². The lowest BCUT2D eigenvalue weighted by Gasteiger charge is -2.07. The minimum Gasteiger partial charge on any atom is -0.466 e. The van der Waals surface area contributed by atoms with Gasteiger partial charge in [-0.25, -0.2) is 9.97 Å². The molecule has 148 valence electrons. The highest BCUT2D eigenvalue weighted by Gasteiger charge is 2.19. The molecule has 28 heavy (non-hydrogen) atoms. The molecule has 0 saturated carbocycles. The lowest BCUT2D eigenvalue weighted by atomic mass is 10.3. The van der Waals surface area contributed by atoms with E-state index in [1.165, 1.54) is 11.3 Å². The zero-order valence-electron chi connectivity index (χ0n) is 14.7. The predicted molar refractivity (Wildman–Crippen MR) is 103 cm³/mol. The molecule has 0 radical (unpaired) electrons. The summed E-state index contributed by atoms with van der Waals surface area (Å²) in [5, 5.41) is 4.63. The molecular formula is C17H16F2N4O3S2. The number of fused-ring (bicyclic) bond motifs is 1. The Morgan fingerprint density at radius 3 is 2.86 bits per heavy atom. The molecule has 0 aliphatic rings. The predicted octanol–water partition coefficient (Wildman–Crippen LogP) is 3.72.